The Hall–Kier alpha value is -2.70. The average molecular weight is 245 g/mol. The molecular weight excluding hydrogens is 237 g/mol. The monoisotopic (exact) mass is 245 g/mol. The number of fused-ring (bicyclic) bond motifs is 1. The van der Waals surface area contributed by atoms with Crippen LogP contribution in [0.2, 0.25) is 0 Å². The first-order valence-electron chi connectivity index (χ1n) is 5.14. The van der Waals surface area contributed by atoms with Crippen molar-refractivity contribution >= 4 is 16.9 Å². The Morgan fingerprint density at radius 1 is 1.39 bits per heavy atom. The largest absolute Gasteiger partial charge is 0.382 e. The zero-order valence-electron chi connectivity index (χ0n) is 9.09. The van der Waals surface area contributed by atoms with Crippen LogP contribution in [0.5, 0.6) is 0 Å². The van der Waals surface area contributed by atoms with Gasteiger partial charge in [-0.15, -0.1) is 5.10 Å². The average Bonchev–Trinajstić information content (AvgIpc) is 2.75. The molecule has 3 rings (SSSR count). The van der Waals surface area contributed by atoms with Crippen molar-refractivity contribution in [2.75, 3.05) is 5.73 Å². The van der Waals surface area contributed by atoms with E-state index in [9.17, 15) is 9.18 Å². The zero-order valence-corrected chi connectivity index (χ0v) is 9.09. The van der Waals surface area contributed by atoms with Crippen LogP contribution in [0.1, 0.15) is 0 Å². The van der Waals surface area contributed by atoms with Gasteiger partial charge in [0, 0.05) is 17.6 Å². The van der Waals surface area contributed by atoms with Gasteiger partial charge in [-0.3, -0.25) is 4.79 Å². The Morgan fingerprint density at radius 3 is 3.06 bits per heavy atom. The molecule has 0 fully saturated rings. The maximum Gasteiger partial charge on any atom is 0.271 e. The number of aromatic amines is 1. The van der Waals surface area contributed by atoms with E-state index in [0.717, 1.165) is 10.9 Å². The summed E-state index contributed by atoms with van der Waals surface area (Å²) in [5.74, 6) is -0.284. The fourth-order valence-corrected chi connectivity index (χ4v) is 1.74. The van der Waals surface area contributed by atoms with E-state index in [0.29, 0.717) is 16.7 Å². The highest BCUT2D eigenvalue weighted by Gasteiger charge is 2.10. The predicted molar refractivity (Wildman–Crippen MR) is 63.9 cm³/mol. The van der Waals surface area contributed by atoms with Gasteiger partial charge in [-0.05, 0) is 12.1 Å². The quantitative estimate of drug-likeness (QED) is 0.664. The lowest BCUT2D eigenvalue weighted by atomic mass is 10.3. The van der Waals surface area contributed by atoms with Crippen molar-refractivity contribution in [3.05, 3.63) is 46.8 Å². The van der Waals surface area contributed by atoms with Gasteiger partial charge in [0.15, 0.2) is 0 Å². The highest BCUT2D eigenvalue weighted by molar-refractivity contribution is 5.85. The topological polar surface area (TPSA) is 89.6 Å². The number of anilines is 1. The first-order chi connectivity index (χ1) is 8.65. The minimum atomic E-state index is -0.486. The second kappa shape index (κ2) is 3.66. The van der Waals surface area contributed by atoms with E-state index >= 15 is 0 Å². The van der Waals surface area contributed by atoms with Gasteiger partial charge in [0.25, 0.3) is 5.56 Å². The first kappa shape index (κ1) is 10.5. The predicted octanol–water partition coefficient (Wildman–Crippen LogP) is 0.830. The van der Waals surface area contributed by atoms with E-state index in [1.807, 2.05) is 0 Å². The number of nitrogens with zero attached hydrogens (tertiary/aromatic N) is 3. The Kier molecular flexibility index (Phi) is 2.12. The Morgan fingerprint density at radius 2 is 2.22 bits per heavy atom. The molecule has 3 aromatic rings. The molecule has 6 nitrogen and oxygen atoms in total. The summed E-state index contributed by atoms with van der Waals surface area (Å²) in [6.45, 7) is 0. The van der Waals surface area contributed by atoms with E-state index in [4.69, 9.17) is 5.73 Å². The highest BCUT2D eigenvalue weighted by Crippen LogP contribution is 2.19. The zero-order chi connectivity index (χ0) is 12.7. The van der Waals surface area contributed by atoms with Gasteiger partial charge in [0.2, 0.25) is 0 Å². The van der Waals surface area contributed by atoms with E-state index in [1.54, 1.807) is 0 Å². The van der Waals surface area contributed by atoms with Crippen LogP contribution in [0.25, 0.3) is 16.7 Å². The van der Waals surface area contributed by atoms with Gasteiger partial charge >= 0.3 is 0 Å². The SMILES string of the molecule is Nc1ccc(=O)n(-c2c[nH]c3ncc(F)cc23)n1. The van der Waals surface area contributed by atoms with Crippen molar-refractivity contribution in [2.24, 2.45) is 0 Å². The second-order valence-electron chi connectivity index (χ2n) is 3.73. The normalized spacial score (nSPS) is 10.9. The summed E-state index contributed by atoms with van der Waals surface area (Å²) in [6.07, 6.45) is 2.63. The molecular formula is C11H8FN5O. The number of hydrogen-bond acceptors (Lipinski definition) is 4. The van der Waals surface area contributed by atoms with Crippen LogP contribution >= 0.6 is 0 Å². The number of nitrogens with two attached hydrogens (primary N) is 1. The van der Waals surface area contributed by atoms with Crippen LogP contribution in [-0.2, 0) is 0 Å². The molecule has 0 aliphatic carbocycles. The highest BCUT2D eigenvalue weighted by atomic mass is 19.1. The fourth-order valence-electron chi connectivity index (χ4n) is 1.74. The van der Waals surface area contributed by atoms with Crippen LogP contribution in [0.4, 0.5) is 10.2 Å². The minimum Gasteiger partial charge on any atom is -0.382 e. The maximum absolute atomic E-state index is 13.2. The third kappa shape index (κ3) is 1.53. The van der Waals surface area contributed by atoms with Crippen LogP contribution in [0.15, 0.2) is 35.4 Å². The van der Waals surface area contributed by atoms with E-state index < -0.39 is 5.82 Å². The van der Waals surface area contributed by atoms with Gasteiger partial charge in [-0.1, -0.05) is 0 Å². The number of halogens is 1. The summed E-state index contributed by atoms with van der Waals surface area (Å²) >= 11 is 0. The molecule has 0 amide bonds. The van der Waals surface area contributed by atoms with E-state index in [2.05, 4.69) is 15.1 Å². The lowest BCUT2D eigenvalue weighted by molar-refractivity contribution is 0.624. The molecule has 0 atom stereocenters. The molecule has 18 heavy (non-hydrogen) atoms. The number of rotatable bonds is 1. The van der Waals surface area contributed by atoms with Crippen LogP contribution < -0.4 is 11.3 Å². The second-order valence-corrected chi connectivity index (χ2v) is 3.73. The number of H-pyrrole nitrogens is 1. The Balaban J connectivity index is 2.35. The summed E-state index contributed by atoms with van der Waals surface area (Å²) in [6, 6.07) is 3.99. The number of pyridine rings is 1. The van der Waals surface area contributed by atoms with Gasteiger partial charge in [-0.2, -0.15) is 4.68 Å². The third-order valence-corrected chi connectivity index (χ3v) is 2.52. The summed E-state index contributed by atoms with van der Waals surface area (Å²) in [5, 5.41) is 4.37. The van der Waals surface area contributed by atoms with Crippen molar-refractivity contribution in [1.29, 1.82) is 0 Å². The van der Waals surface area contributed by atoms with Crippen LogP contribution in [0, 0.1) is 5.82 Å². The number of hydrogen-bond donors (Lipinski definition) is 2. The van der Waals surface area contributed by atoms with Crippen molar-refractivity contribution < 1.29 is 4.39 Å². The third-order valence-electron chi connectivity index (χ3n) is 2.52. The molecule has 0 bridgehead atoms. The van der Waals surface area contributed by atoms with Crippen LogP contribution in [0.3, 0.4) is 0 Å². The molecule has 0 aliphatic heterocycles. The van der Waals surface area contributed by atoms with Gasteiger partial charge < -0.3 is 10.7 Å². The number of nitrogens with one attached hydrogen (secondary N) is 1. The van der Waals surface area contributed by atoms with Crippen molar-refractivity contribution in [2.45, 2.75) is 0 Å². The lowest BCUT2D eigenvalue weighted by Crippen LogP contribution is -2.20. The molecule has 7 heteroatoms. The summed E-state index contributed by atoms with van der Waals surface area (Å²) in [4.78, 5) is 18.4. The van der Waals surface area contributed by atoms with Crippen LogP contribution in [-0.4, -0.2) is 19.7 Å². The molecule has 0 radical (unpaired) electrons. The maximum atomic E-state index is 13.2. The molecule has 90 valence electrons. The van der Waals surface area contributed by atoms with Crippen molar-refractivity contribution in [3.63, 3.8) is 0 Å². The summed E-state index contributed by atoms with van der Waals surface area (Å²) in [5.41, 5.74) is 6.07. The smallest absolute Gasteiger partial charge is 0.271 e. The standard InChI is InChI=1S/C11H8FN5O/c12-6-3-7-8(5-15-11(7)14-4-6)17-10(18)2-1-9(13)16-17/h1-5H,(H2,13,16)(H,14,15). The van der Waals surface area contributed by atoms with E-state index in [-0.39, 0.29) is 11.4 Å². The molecule has 3 aromatic heterocycles. The summed E-state index contributed by atoms with van der Waals surface area (Å²) < 4.78 is 14.3. The number of nitrogen functional groups attached to an aromatic ring is 1. The van der Waals surface area contributed by atoms with Gasteiger partial charge in [-0.25, -0.2) is 9.37 Å². The van der Waals surface area contributed by atoms with E-state index in [1.165, 1.54) is 24.4 Å². The minimum absolute atomic E-state index is 0.202. The summed E-state index contributed by atoms with van der Waals surface area (Å²) in [7, 11) is 0. The van der Waals surface area contributed by atoms with Gasteiger partial charge in [0.05, 0.1) is 11.9 Å². The number of aromatic nitrogens is 4. The molecule has 0 saturated carbocycles. The molecule has 3 heterocycles. The molecule has 0 aromatic carbocycles. The van der Waals surface area contributed by atoms with Crippen molar-refractivity contribution in [1.82, 2.24) is 19.7 Å². The Bertz CT molecular complexity index is 791. The molecule has 0 saturated heterocycles. The molecule has 0 aliphatic rings. The molecule has 0 spiro atoms. The first-order valence-corrected chi connectivity index (χ1v) is 5.14. The molecule has 0 unspecified atom stereocenters. The lowest BCUT2D eigenvalue weighted by Gasteiger charge is -2.02. The molecule has 3 N–H and O–H groups in total. The van der Waals surface area contributed by atoms with Crippen molar-refractivity contribution in [3.8, 4) is 5.69 Å². The Labute approximate surface area is 99.9 Å². The van der Waals surface area contributed by atoms with Gasteiger partial charge in [0.1, 0.15) is 17.3 Å². The fraction of sp³-hybridized carbons (Fsp3) is 0.